The van der Waals surface area contributed by atoms with Crippen LogP contribution in [-0.2, 0) is 0 Å². The van der Waals surface area contributed by atoms with Crippen LogP contribution >= 0.6 is 0 Å². The number of carbonyl (C=O) groups is 2. The van der Waals surface area contributed by atoms with Gasteiger partial charge in [-0.1, -0.05) is 54.1 Å². The third-order valence-electron chi connectivity index (χ3n) is 5.55. The maximum Gasteiger partial charge on any atom is 0.258 e. The van der Waals surface area contributed by atoms with E-state index in [0.717, 1.165) is 17.0 Å². The molecule has 35 heavy (non-hydrogen) atoms. The van der Waals surface area contributed by atoms with Crippen LogP contribution in [0, 0.1) is 6.92 Å². The van der Waals surface area contributed by atoms with Crippen molar-refractivity contribution in [1.82, 2.24) is 5.32 Å². The Hall–Kier alpha value is -4.38. The second kappa shape index (κ2) is 11.7. The molecule has 0 spiro atoms. The summed E-state index contributed by atoms with van der Waals surface area (Å²) < 4.78 is 5.88. The number of rotatable bonds is 9. The van der Waals surface area contributed by atoms with Gasteiger partial charge in [-0.15, -0.1) is 0 Å². The van der Waals surface area contributed by atoms with Gasteiger partial charge in [-0.2, -0.15) is 0 Å². The Morgan fingerprint density at radius 3 is 1.97 bits per heavy atom. The van der Waals surface area contributed by atoms with Gasteiger partial charge in [-0.05, 0) is 74.0 Å². The molecule has 4 rings (SSSR count). The van der Waals surface area contributed by atoms with Crippen molar-refractivity contribution in [3.63, 3.8) is 0 Å². The lowest BCUT2D eigenvalue weighted by atomic mass is 10.1. The molecule has 0 fully saturated rings. The number of anilines is 1. The average molecular weight is 465 g/mol. The first-order valence-electron chi connectivity index (χ1n) is 11.6. The van der Waals surface area contributed by atoms with Crippen molar-refractivity contribution in [1.29, 1.82) is 0 Å². The van der Waals surface area contributed by atoms with Crippen LogP contribution < -0.4 is 15.0 Å². The van der Waals surface area contributed by atoms with Crippen LogP contribution in [0.25, 0.3) is 0 Å². The Morgan fingerprint density at radius 2 is 1.31 bits per heavy atom. The molecular weight excluding hydrogens is 436 g/mol. The minimum Gasteiger partial charge on any atom is -0.457 e. The van der Waals surface area contributed by atoms with Gasteiger partial charge < -0.3 is 15.0 Å². The van der Waals surface area contributed by atoms with Crippen LogP contribution in [0.5, 0.6) is 11.5 Å². The van der Waals surface area contributed by atoms with E-state index in [4.69, 9.17) is 4.74 Å². The topological polar surface area (TPSA) is 58.6 Å². The summed E-state index contributed by atoms with van der Waals surface area (Å²) in [6.45, 7) is 2.90. The molecule has 5 heteroatoms. The molecular formula is C30H28N2O3. The van der Waals surface area contributed by atoms with E-state index in [2.05, 4.69) is 5.32 Å². The van der Waals surface area contributed by atoms with E-state index in [9.17, 15) is 9.59 Å². The molecule has 0 aromatic heterocycles. The van der Waals surface area contributed by atoms with E-state index in [1.165, 1.54) is 0 Å². The molecule has 0 unspecified atom stereocenters. The van der Waals surface area contributed by atoms with Crippen LogP contribution in [-0.4, -0.2) is 24.9 Å². The van der Waals surface area contributed by atoms with Gasteiger partial charge in [0, 0.05) is 29.9 Å². The van der Waals surface area contributed by atoms with E-state index >= 15 is 0 Å². The summed E-state index contributed by atoms with van der Waals surface area (Å²) in [7, 11) is 0. The minimum absolute atomic E-state index is 0.0906. The lowest BCUT2D eigenvalue weighted by Gasteiger charge is -2.23. The number of para-hydroxylation sites is 1. The molecule has 4 aromatic rings. The van der Waals surface area contributed by atoms with Crippen molar-refractivity contribution in [2.45, 2.75) is 13.3 Å². The molecule has 0 heterocycles. The van der Waals surface area contributed by atoms with Crippen molar-refractivity contribution in [2.75, 3.05) is 18.0 Å². The highest BCUT2D eigenvalue weighted by Gasteiger charge is 2.18. The number of nitrogens with one attached hydrogen (secondary N) is 1. The highest BCUT2D eigenvalue weighted by molar-refractivity contribution is 6.06. The van der Waals surface area contributed by atoms with Gasteiger partial charge in [0.15, 0.2) is 0 Å². The number of amides is 2. The number of carbonyl (C=O) groups excluding carboxylic acids is 2. The second-order valence-corrected chi connectivity index (χ2v) is 8.21. The summed E-state index contributed by atoms with van der Waals surface area (Å²) in [5, 5.41) is 2.94. The summed E-state index contributed by atoms with van der Waals surface area (Å²) in [5.41, 5.74) is 3.11. The van der Waals surface area contributed by atoms with Gasteiger partial charge in [0.05, 0.1) is 0 Å². The van der Waals surface area contributed by atoms with E-state index in [0.29, 0.717) is 36.4 Å². The zero-order valence-corrected chi connectivity index (χ0v) is 19.7. The first-order chi connectivity index (χ1) is 17.1. The monoisotopic (exact) mass is 464 g/mol. The molecule has 0 saturated heterocycles. The predicted octanol–water partition coefficient (Wildman–Crippen LogP) is 6.25. The van der Waals surface area contributed by atoms with E-state index in [-0.39, 0.29) is 11.8 Å². The third kappa shape index (κ3) is 6.58. The number of nitrogens with zero attached hydrogens (tertiary/aromatic N) is 1. The SMILES string of the molecule is Cc1ccc(C(=O)NCCCN(C(=O)c2ccccc2)c2ccc(Oc3ccccc3)cc2)cc1. The Balaban J connectivity index is 1.42. The standard InChI is InChI=1S/C30H28N2O3/c1-23-13-15-24(16-14-23)29(33)31-21-8-22-32(30(34)25-9-4-2-5-10-25)26-17-19-28(20-18-26)35-27-11-6-3-7-12-27/h2-7,9-20H,8,21-22H2,1H3,(H,31,33). The highest BCUT2D eigenvalue weighted by Crippen LogP contribution is 2.25. The second-order valence-electron chi connectivity index (χ2n) is 8.21. The molecule has 176 valence electrons. The van der Waals surface area contributed by atoms with Crippen LogP contribution in [0.2, 0.25) is 0 Å². The number of hydrogen-bond acceptors (Lipinski definition) is 3. The van der Waals surface area contributed by atoms with Crippen LogP contribution in [0.1, 0.15) is 32.7 Å². The Bertz CT molecular complexity index is 1240. The fourth-order valence-electron chi connectivity index (χ4n) is 3.65. The van der Waals surface area contributed by atoms with E-state index in [1.54, 1.807) is 17.0 Å². The molecule has 0 aliphatic carbocycles. The van der Waals surface area contributed by atoms with E-state index in [1.807, 2.05) is 104 Å². The molecule has 0 atom stereocenters. The van der Waals surface area contributed by atoms with Crippen molar-refractivity contribution in [3.05, 3.63) is 126 Å². The van der Waals surface area contributed by atoms with Gasteiger partial charge in [-0.3, -0.25) is 9.59 Å². The number of ether oxygens (including phenoxy) is 1. The van der Waals surface area contributed by atoms with Gasteiger partial charge in [0.2, 0.25) is 0 Å². The maximum absolute atomic E-state index is 13.3. The Kier molecular flexibility index (Phi) is 7.92. The van der Waals surface area contributed by atoms with E-state index < -0.39 is 0 Å². The summed E-state index contributed by atoms with van der Waals surface area (Å²) >= 11 is 0. The zero-order chi connectivity index (χ0) is 24.5. The molecule has 0 aliphatic rings. The van der Waals surface area contributed by atoms with Crippen molar-refractivity contribution >= 4 is 17.5 Å². The molecule has 5 nitrogen and oxygen atoms in total. The molecule has 0 aliphatic heterocycles. The Morgan fingerprint density at radius 1 is 0.714 bits per heavy atom. The molecule has 0 bridgehead atoms. The minimum atomic E-state index is -0.117. The van der Waals surface area contributed by atoms with Crippen molar-refractivity contribution < 1.29 is 14.3 Å². The van der Waals surface area contributed by atoms with Crippen molar-refractivity contribution in [2.24, 2.45) is 0 Å². The summed E-state index contributed by atoms with van der Waals surface area (Å²) in [5.74, 6) is 1.24. The number of hydrogen-bond donors (Lipinski definition) is 1. The normalized spacial score (nSPS) is 10.4. The largest absolute Gasteiger partial charge is 0.457 e. The fourth-order valence-corrected chi connectivity index (χ4v) is 3.65. The quantitative estimate of drug-likeness (QED) is 0.298. The summed E-state index contributed by atoms with van der Waals surface area (Å²) in [6.07, 6.45) is 0.610. The average Bonchev–Trinajstić information content (AvgIpc) is 2.90. The molecule has 0 radical (unpaired) electrons. The smallest absolute Gasteiger partial charge is 0.258 e. The van der Waals surface area contributed by atoms with Crippen LogP contribution in [0.3, 0.4) is 0 Å². The van der Waals surface area contributed by atoms with Gasteiger partial charge in [0.25, 0.3) is 11.8 Å². The first kappa shape index (κ1) is 23.8. The highest BCUT2D eigenvalue weighted by atomic mass is 16.5. The lowest BCUT2D eigenvalue weighted by Crippen LogP contribution is -2.34. The molecule has 2 amide bonds. The third-order valence-corrected chi connectivity index (χ3v) is 5.55. The first-order valence-corrected chi connectivity index (χ1v) is 11.6. The van der Waals surface area contributed by atoms with Crippen LogP contribution in [0.15, 0.2) is 109 Å². The molecule has 0 saturated carbocycles. The summed E-state index contributed by atoms with van der Waals surface area (Å²) in [6, 6.07) is 33.7. The zero-order valence-electron chi connectivity index (χ0n) is 19.7. The van der Waals surface area contributed by atoms with Crippen molar-refractivity contribution in [3.8, 4) is 11.5 Å². The molecule has 1 N–H and O–H groups in total. The lowest BCUT2D eigenvalue weighted by molar-refractivity contribution is 0.0953. The maximum atomic E-state index is 13.3. The van der Waals surface area contributed by atoms with Gasteiger partial charge >= 0.3 is 0 Å². The number of aryl methyl sites for hydroxylation is 1. The number of benzene rings is 4. The fraction of sp³-hybridized carbons (Fsp3) is 0.133. The van der Waals surface area contributed by atoms with Gasteiger partial charge in [0.1, 0.15) is 11.5 Å². The predicted molar refractivity (Wildman–Crippen MR) is 139 cm³/mol. The Labute approximate surface area is 206 Å². The molecule has 4 aromatic carbocycles. The van der Waals surface area contributed by atoms with Gasteiger partial charge in [-0.25, -0.2) is 0 Å². The van der Waals surface area contributed by atoms with Crippen LogP contribution in [0.4, 0.5) is 5.69 Å². The summed E-state index contributed by atoms with van der Waals surface area (Å²) in [4.78, 5) is 27.5.